The van der Waals surface area contributed by atoms with Gasteiger partial charge in [-0.3, -0.25) is 0 Å². The number of ether oxygens (including phenoxy) is 1. The van der Waals surface area contributed by atoms with Crippen molar-refractivity contribution in [2.45, 2.75) is 40.2 Å². The summed E-state index contributed by atoms with van der Waals surface area (Å²) in [7, 11) is 0. The summed E-state index contributed by atoms with van der Waals surface area (Å²) in [4.78, 5) is 4.50. The number of rotatable bonds is 5. The highest BCUT2D eigenvalue weighted by Crippen LogP contribution is 2.26. The van der Waals surface area contributed by atoms with Crippen molar-refractivity contribution in [3.05, 3.63) is 52.7 Å². The van der Waals surface area contributed by atoms with Crippen LogP contribution in [0.1, 0.15) is 35.7 Å². The SMILES string of the molecule is CCCc1cc(CO)cc(Oc2cc(C)ccc2C)n1. The molecule has 3 heteroatoms. The first-order valence-corrected chi connectivity index (χ1v) is 6.98. The molecule has 2 rings (SSSR count). The summed E-state index contributed by atoms with van der Waals surface area (Å²) in [6.07, 6.45) is 1.90. The number of aryl methyl sites for hydroxylation is 3. The predicted molar refractivity (Wildman–Crippen MR) is 80.1 cm³/mol. The Morgan fingerprint density at radius 3 is 2.65 bits per heavy atom. The van der Waals surface area contributed by atoms with Gasteiger partial charge in [0.1, 0.15) is 5.75 Å². The Bertz CT molecular complexity index is 594. The fraction of sp³-hybridized carbons (Fsp3) is 0.353. The zero-order chi connectivity index (χ0) is 14.5. The molecule has 3 nitrogen and oxygen atoms in total. The molecule has 0 amide bonds. The van der Waals surface area contributed by atoms with Crippen molar-refractivity contribution in [3.8, 4) is 11.6 Å². The van der Waals surface area contributed by atoms with Crippen molar-refractivity contribution in [3.63, 3.8) is 0 Å². The van der Waals surface area contributed by atoms with Gasteiger partial charge in [0, 0.05) is 11.8 Å². The van der Waals surface area contributed by atoms with Crippen LogP contribution in [0.25, 0.3) is 0 Å². The summed E-state index contributed by atoms with van der Waals surface area (Å²) < 4.78 is 5.90. The van der Waals surface area contributed by atoms with Crippen molar-refractivity contribution in [1.82, 2.24) is 4.98 Å². The molecule has 0 saturated carbocycles. The number of nitrogens with zero attached hydrogens (tertiary/aromatic N) is 1. The lowest BCUT2D eigenvalue weighted by atomic mass is 10.1. The summed E-state index contributed by atoms with van der Waals surface area (Å²) in [5.74, 6) is 1.36. The van der Waals surface area contributed by atoms with E-state index >= 15 is 0 Å². The number of benzene rings is 1. The topological polar surface area (TPSA) is 42.4 Å². The van der Waals surface area contributed by atoms with E-state index in [2.05, 4.69) is 18.0 Å². The third kappa shape index (κ3) is 3.58. The lowest BCUT2D eigenvalue weighted by Gasteiger charge is -2.11. The third-order valence-corrected chi connectivity index (χ3v) is 3.16. The second-order valence-electron chi connectivity index (χ2n) is 5.08. The van der Waals surface area contributed by atoms with Gasteiger partial charge in [0.15, 0.2) is 0 Å². The van der Waals surface area contributed by atoms with E-state index in [1.165, 1.54) is 0 Å². The Balaban J connectivity index is 2.32. The van der Waals surface area contributed by atoms with Gasteiger partial charge in [0.05, 0.1) is 6.61 Å². The highest BCUT2D eigenvalue weighted by Gasteiger charge is 2.06. The van der Waals surface area contributed by atoms with Crippen molar-refractivity contribution < 1.29 is 9.84 Å². The van der Waals surface area contributed by atoms with E-state index in [4.69, 9.17) is 4.74 Å². The molecule has 0 fully saturated rings. The third-order valence-electron chi connectivity index (χ3n) is 3.16. The molecule has 0 bridgehead atoms. The van der Waals surface area contributed by atoms with E-state index < -0.39 is 0 Å². The van der Waals surface area contributed by atoms with Crippen LogP contribution in [0, 0.1) is 13.8 Å². The molecule has 0 aliphatic carbocycles. The predicted octanol–water partition coefficient (Wildman–Crippen LogP) is 3.94. The fourth-order valence-corrected chi connectivity index (χ4v) is 2.08. The van der Waals surface area contributed by atoms with Crippen LogP contribution in [0.3, 0.4) is 0 Å². The van der Waals surface area contributed by atoms with Crippen LogP contribution in [0.4, 0.5) is 0 Å². The molecule has 0 radical (unpaired) electrons. The van der Waals surface area contributed by atoms with Crippen molar-refractivity contribution in [2.75, 3.05) is 0 Å². The van der Waals surface area contributed by atoms with Gasteiger partial charge < -0.3 is 9.84 Å². The van der Waals surface area contributed by atoms with E-state index in [-0.39, 0.29) is 6.61 Å². The maximum Gasteiger partial charge on any atom is 0.219 e. The average Bonchev–Trinajstić information content (AvgIpc) is 2.43. The molecule has 0 atom stereocenters. The maximum atomic E-state index is 9.34. The number of pyridine rings is 1. The monoisotopic (exact) mass is 271 g/mol. The van der Waals surface area contributed by atoms with Gasteiger partial charge in [-0.05, 0) is 49.1 Å². The van der Waals surface area contributed by atoms with E-state index in [1.807, 2.05) is 32.0 Å². The summed E-state index contributed by atoms with van der Waals surface area (Å²) in [6, 6.07) is 9.82. The number of aliphatic hydroxyl groups excluding tert-OH is 1. The van der Waals surface area contributed by atoms with E-state index in [0.717, 1.165) is 41.0 Å². The second-order valence-corrected chi connectivity index (χ2v) is 5.08. The van der Waals surface area contributed by atoms with Gasteiger partial charge >= 0.3 is 0 Å². The van der Waals surface area contributed by atoms with Crippen LogP contribution in [-0.2, 0) is 13.0 Å². The van der Waals surface area contributed by atoms with Gasteiger partial charge in [-0.1, -0.05) is 25.5 Å². The first kappa shape index (κ1) is 14.5. The number of hydrogen-bond acceptors (Lipinski definition) is 3. The van der Waals surface area contributed by atoms with Crippen LogP contribution >= 0.6 is 0 Å². The minimum absolute atomic E-state index is 0.00237. The lowest BCUT2D eigenvalue weighted by Crippen LogP contribution is -1.98. The van der Waals surface area contributed by atoms with E-state index in [0.29, 0.717) is 5.88 Å². The normalized spacial score (nSPS) is 10.6. The largest absolute Gasteiger partial charge is 0.439 e. The molecular formula is C17H21NO2. The van der Waals surface area contributed by atoms with Gasteiger partial charge in [-0.2, -0.15) is 0 Å². The Kier molecular flexibility index (Phi) is 4.74. The molecule has 1 aromatic carbocycles. The molecule has 106 valence electrons. The van der Waals surface area contributed by atoms with Gasteiger partial charge in [0.25, 0.3) is 0 Å². The Labute approximate surface area is 120 Å². The van der Waals surface area contributed by atoms with Crippen LogP contribution in [0.15, 0.2) is 30.3 Å². The Hall–Kier alpha value is -1.87. The van der Waals surface area contributed by atoms with Gasteiger partial charge in [-0.15, -0.1) is 0 Å². The molecule has 20 heavy (non-hydrogen) atoms. The van der Waals surface area contributed by atoms with Crippen molar-refractivity contribution in [1.29, 1.82) is 0 Å². The maximum absolute atomic E-state index is 9.34. The van der Waals surface area contributed by atoms with E-state index in [9.17, 15) is 5.11 Å². The summed E-state index contributed by atoms with van der Waals surface area (Å²) in [5.41, 5.74) is 4.02. The van der Waals surface area contributed by atoms with Crippen molar-refractivity contribution >= 4 is 0 Å². The summed E-state index contributed by atoms with van der Waals surface area (Å²) >= 11 is 0. The Morgan fingerprint density at radius 1 is 1.15 bits per heavy atom. The zero-order valence-corrected chi connectivity index (χ0v) is 12.3. The summed E-state index contributed by atoms with van der Waals surface area (Å²) in [6.45, 7) is 6.16. The van der Waals surface area contributed by atoms with Crippen LogP contribution in [-0.4, -0.2) is 10.1 Å². The second kappa shape index (κ2) is 6.53. The first-order chi connectivity index (χ1) is 9.62. The van der Waals surface area contributed by atoms with Crippen LogP contribution < -0.4 is 4.74 Å². The molecule has 0 aliphatic heterocycles. The molecular weight excluding hydrogens is 250 g/mol. The minimum atomic E-state index is 0.00237. The Morgan fingerprint density at radius 2 is 1.95 bits per heavy atom. The molecule has 0 unspecified atom stereocenters. The van der Waals surface area contributed by atoms with Crippen LogP contribution in [0.5, 0.6) is 11.6 Å². The standard InChI is InChI=1S/C17H21NO2/c1-4-5-15-9-14(11-19)10-17(18-15)20-16-8-12(2)6-7-13(16)3/h6-10,19H,4-5,11H2,1-3H3. The molecule has 2 aromatic rings. The molecule has 1 aromatic heterocycles. The quantitative estimate of drug-likeness (QED) is 0.895. The number of hydrogen-bond donors (Lipinski definition) is 1. The molecule has 0 spiro atoms. The smallest absolute Gasteiger partial charge is 0.219 e. The molecule has 0 aliphatic rings. The highest BCUT2D eigenvalue weighted by atomic mass is 16.5. The zero-order valence-electron chi connectivity index (χ0n) is 12.3. The van der Waals surface area contributed by atoms with Crippen LogP contribution in [0.2, 0.25) is 0 Å². The lowest BCUT2D eigenvalue weighted by molar-refractivity contribution is 0.280. The molecule has 1 N–H and O–H groups in total. The summed E-state index contributed by atoms with van der Waals surface area (Å²) in [5, 5.41) is 9.34. The highest BCUT2D eigenvalue weighted by molar-refractivity contribution is 5.39. The molecule has 0 saturated heterocycles. The number of aliphatic hydroxyl groups is 1. The first-order valence-electron chi connectivity index (χ1n) is 6.98. The van der Waals surface area contributed by atoms with Crippen molar-refractivity contribution in [2.24, 2.45) is 0 Å². The fourth-order valence-electron chi connectivity index (χ4n) is 2.08. The minimum Gasteiger partial charge on any atom is -0.439 e. The number of aromatic nitrogens is 1. The van der Waals surface area contributed by atoms with E-state index in [1.54, 1.807) is 6.07 Å². The van der Waals surface area contributed by atoms with Gasteiger partial charge in [0.2, 0.25) is 5.88 Å². The molecule has 1 heterocycles. The van der Waals surface area contributed by atoms with Gasteiger partial charge in [-0.25, -0.2) is 4.98 Å². The average molecular weight is 271 g/mol.